The Labute approximate surface area is 637 Å². The molecule has 0 aromatic heterocycles. The van der Waals surface area contributed by atoms with Crippen molar-refractivity contribution in [1.29, 1.82) is 0 Å². The van der Waals surface area contributed by atoms with E-state index in [1.807, 2.05) is 13.8 Å². The Balaban J connectivity index is -0.000000141. The van der Waals surface area contributed by atoms with Crippen LogP contribution in [0.25, 0.3) is 0 Å². The second-order valence-electron chi connectivity index (χ2n) is 24.7. The minimum Gasteiger partial charge on any atom is -0.463 e. The molecule has 0 aromatic carbocycles. The van der Waals surface area contributed by atoms with Crippen molar-refractivity contribution in [2.24, 2.45) is 0 Å². The predicted molar refractivity (Wildman–Crippen MR) is 434 cm³/mol. The van der Waals surface area contributed by atoms with Crippen molar-refractivity contribution in [3.05, 3.63) is 112 Å². The van der Waals surface area contributed by atoms with Crippen molar-refractivity contribution < 1.29 is 85.7 Å². The summed E-state index contributed by atoms with van der Waals surface area (Å²) in [5.41, 5.74) is 3.42. The van der Waals surface area contributed by atoms with Crippen molar-refractivity contribution in [3.63, 3.8) is 0 Å². The third-order valence-electron chi connectivity index (χ3n) is 13.9. The Hall–Kier alpha value is -6.21. The van der Waals surface area contributed by atoms with E-state index < -0.39 is 0 Å². The first-order chi connectivity index (χ1) is 49.9. The zero-order valence-electron chi connectivity index (χ0n) is 69.0. The van der Waals surface area contributed by atoms with Gasteiger partial charge in [-0.25, -0.2) is 33.6 Å². The summed E-state index contributed by atoms with van der Waals surface area (Å²) in [7, 11) is 6.89. The van der Waals surface area contributed by atoms with Crippen LogP contribution in [0.2, 0.25) is 0 Å². The summed E-state index contributed by atoms with van der Waals surface area (Å²) in [4.78, 5) is 74.4. The fourth-order valence-corrected chi connectivity index (χ4v) is 7.59. The van der Waals surface area contributed by atoms with E-state index in [4.69, 9.17) is 47.4 Å². The van der Waals surface area contributed by atoms with Crippen LogP contribution in [-0.2, 0) is 85.7 Å². The summed E-state index contributed by atoms with van der Waals surface area (Å²) in [6.07, 6.45) is 48.6. The molecule has 104 heavy (non-hydrogen) atoms. The summed E-state index contributed by atoms with van der Waals surface area (Å²) in [6.45, 7) is 56.3. The molecule has 0 bridgehead atoms. The Kier molecular flexibility index (Phi) is 120. The second-order valence-corrected chi connectivity index (χ2v) is 24.7. The number of unbranched alkanes of at least 4 members (excludes halogenated alkanes) is 27. The van der Waals surface area contributed by atoms with Gasteiger partial charge in [-0.3, -0.25) is 0 Å². The van der Waals surface area contributed by atoms with E-state index >= 15 is 0 Å². The Morgan fingerprint density at radius 2 is 0.413 bits per heavy atom. The number of carbonyl (C=O) groups excluding carboxylic acids is 7. The second kappa shape index (κ2) is 108. The third kappa shape index (κ3) is 135. The molecule has 0 rings (SSSR count). The quantitative estimate of drug-likeness (QED) is 0.0182. The number of hydrogen-bond acceptors (Lipinski definition) is 18. The molecule has 0 fully saturated rings. The van der Waals surface area contributed by atoms with E-state index in [9.17, 15) is 33.6 Å². The lowest BCUT2D eigenvalue weighted by atomic mass is 10.1. The molecule has 0 unspecified atom stereocenters. The van der Waals surface area contributed by atoms with Crippen LogP contribution in [0.5, 0.6) is 0 Å². The topological polar surface area (TPSA) is 221 Å². The number of hydrogen-bond donors (Lipinski definition) is 0. The highest BCUT2D eigenvalue weighted by atomic mass is 16.6. The van der Waals surface area contributed by atoms with Crippen LogP contribution in [0.15, 0.2) is 112 Å². The molecule has 0 aliphatic carbocycles. The highest BCUT2D eigenvalue weighted by Gasteiger charge is 2.04. The van der Waals surface area contributed by atoms with Gasteiger partial charge in [0.05, 0.1) is 46.2 Å². The maximum absolute atomic E-state index is 11.0. The highest BCUT2D eigenvalue weighted by molar-refractivity contribution is 5.87. The third-order valence-corrected chi connectivity index (χ3v) is 13.9. The molecule has 0 amide bonds. The summed E-state index contributed by atoms with van der Waals surface area (Å²) in [6, 6.07) is 0. The zero-order valence-corrected chi connectivity index (χ0v) is 69.0. The van der Waals surface area contributed by atoms with Crippen LogP contribution in [-0.4, -0.2) is 143 Å². The molecular weight excluding hydrogens is 1320 g/mol. The van der Waals surface area contributed by atoms with Crippen LogP contribution in [0.4, 0.5) is 0 Å². The minimum absolute atomic E-state index is 0.278. The molecule has 0 saturated carbocycles. The van der Waals surface area contributed by atoms with Crippen molar-refractivity contribution in [2.45, 2.75) is 300 Å². The first-order valence-electron chi connectivity index (χ1n) is 38.8. The fraction of sp³-hybridized carbons (Fsp3) is 0.709. The zero-order chi connectivity index (χ0) is 80.6. The van der Waals surface area contributed by atoms with Crippen molar-refractivity contribution >= 4 is 41.8 Å². The summed E-state index contributed by atoms with van der Waals surface area (Å²) in [5.74, 6) is -2.16. The number of allylic oxidation sites excluding steroid dienone is 1. The van der Waals surface area contributed by atoms with Crippen molar-refractivity contribution in [1.82, 2.24) is 0 Å². The molecule has 0 aliphatic heterocycles. The van der Waals surface area contributed by atoms with E-state index in [0.717, 1.165) is 148 Å². The number of methoxy groups -OCH3 is 4. The van der Waals surface area contributed by atoms with Crippen molar-refractivity contribution in [3.8, 4) is 0 Å². The van der Waals surface area contributed by atoms with Crippen molar-refractivity contribution in [2.75, 3.05) is 101 Å². The standard InChI is InChI=1S/C13H24O3.C12H22O2.C11H20O3.C10H18O2.C10H20O.C9H16O2.C8H14O2.C7H12O2.C6H12O/c1-12(2)13(14)16-11-9-7-5-4-6-8-10-15-3;1-3-5-6-7-8-9-10-11-14-12(13)4-2;1-10(2)11(12)14-9-7-5-4-6-8-13-3;1-3-5-6-7-8-9-12-10(11)4-2;1-10(2)8-6-4-5-7-9-11-3;1-3-5-6-7-8-11-9(10)4-2;1-3-5-6-7-10-8(9)4-2;1-3-5-6-9-7(8)4-2;1-6(2)4-5-7-3/h1,4-11H2,2-3H3;4H,2-3,5-11H2,1H3;1,4-9H2,2-3H3;4H,2-3,5-9H2,1H3;1,4-9H2,2-3H3;4H,2-3,5-8H2,1H3;4H,2-3,5-7H2,1H3;4H,2-3,5-6H2,1H3;1,4-5H2,2-3H3. The number of rotatable bonds is 59. The van der Waals surface area contributed by atoms with E-state index in [2.05, 4.69) is 98.6 Å². The van der Waals surface area contributed by atoms with E-state index in [-0.39, 0.29) is 41.8 Å². The molecule has 0 atom stereocenters. The Morgan fingerprint density at radius 1 is 0.231 bits per heavy atom. The Morgan fingerprint density at radius 3 is 0.625 bits per heavy atom. The van der Waals surface area contributed by atoms with Gasteiger partial charge in [-0.05, 0) is 118 Å². The van der Waals surface area contributed by atoms with Gasteiger partial charge in [0.15, 0.2) is 0 Å². The van der Waals surface area contributed by atoms with E-state index in [0.29, 0.717) is 57.4 Å². The predicted octanol–water partition coefficient (Wildman–Crippen LogP) is 22.0. The van der Waals surface area contributed by atoms with Gasteiger partial charge < -0.3 is 52.1 Å². The number of ether oxygens (including phenoxy) is 11. The van der Waals surface area contributed by atoms with Gasteiger partial charge in [0.2, 0.25) is 0 Å². The Bertz CT molecular complexity index is 2010. The minimum atomic E-state index is -0.330. The largest absolute Gasteiger partial charge is 0.463 e. The first kappa shape index (κ1) is 116. The highest BCUT2D eigenvalue weighted by Crippen LogP contribution is 2.10. The summed E-state index contributed by atoms with van der Waals surface area (Å²) in [5, 5.41) is 0. The van der Waals surface area contributed by atoms with Crippen LogP contribution < -0.4 is 0 Å². The van der Waals surface area contributed by atoms with Gasteiger partial charge in [0, 0.05) is 96.4 Å². The van der Waals surface area contributed by atoms with Crippen LogP contribution in [0.1, 0.15) is 300 Å². The molecule has 18 heteroatoms. The molecule has 18 nitrogen and oxygen atoms in total. The summed E-state index contributed by atoms with van der Waals surface area (Å²) < 4.78 is 53.4. The maximum atomic E-state index is 11.0. The molecule has 0 spiro atoms. The monoisotopic (exact) mass is 1480 g/mol. The fourth-order valence-electron chi connectivity index (χ4n) is 7.59. The first-order valence-corrected chi connectivity index (χ1v) is 38.8. The summed E-state index contributed by atoms with van der Waals surface area (Å²) >= 11 is 0. The van der Waals surface area contributed by atoms with Gasteiger partial charge in [-0.15, -0.1) is 13.2 Å². The van der Waals surface area contributed by atoms with E-state index in [1.165, 1.54) is 157 Å². The van der Waals surface area contributed by atoms with Gasteiger partial charge in [0.25, 0.3) is 0 Å². The smallest absolute Gasteiger partial charge is 0.333 e. The molecule has 610 valence electrons. The number of esters is 7. The molecule has 0 heterocycles. The average Bonchev–Trinajstić information content (AvgIpc) is 3.87. The van der Waals surface area contributed by atoms with Gasteiger partial charge in [-0.1, -0.05) is 239 Å². The lowest BCUT2D eigenvalue weighted by Gasteiger charge is -2.04. The van der Waals surface area contributed by atoms with Gasteiger partial charge >= 0.3 is 41.8 Å². The molecule has 0 saturated heterocycles. The average molecular weight is 1480 g/mol. The molecule has 0 aliphatic rings. The number of carbonyl (C=O) groups is 7. The molecule has 0 radical (unpaired) electrons. The molecule has 0 aromatic rings. The maximum Gasteiger partial charge on any atom is 0.333 e. The molecule has 0 N–H and O–H groups in total. The van der Waals surface area contributed by atoms with Gasteiger partial charge in [0.1, 0.15) is 0 Å². The normalized spacial score (nSPS) is 9.51. The molecular formula is C86H158O18. The lowest BCUT2D eigenvalue weighted by molar-refractivity contribution is -0.139. The lowest BCUT2D eigenvalue weighted by Crippen LogP contribution is -2.06. The van der Waals surface area contributed by atoms with E-state index in [1.54, 1.807) is 42.3 Å². The van der Waals surface area contributed by atoms with Crippen LogP contribution in [0, 0.1) is 0 Å². The van der Waals surface area contributed by atoms with Gasteiger partial charge in [-0.2, -0.15) is 0 Å². The SMILES string of the molecule is C=C(C)C(=O)OCCCCCCCCOC.C=C(C)C(=O)OCCCCCCOC.C=C(C)CCCCCCOC.C=C(C)CCOC.C=CC(=O)OCCCC.C=CC(=O)OCCCCC.C=CC(=O)OCCCCCC.C=CC(=O)OCCCCCCC.C=CC(=O)OCCCCCCCCC. The van der Waals surface area contributed by atoms with Crippen LogP contribution >= 0.6 is 0 Å². The van der Waals surface area contributed by atoms with Crippen LogP contribution in [0.3, 0.4) is 0 Å².